The predicted octanol–water partition coefficient (Wildman–Crippen LogP) is 1.65. The molecule has 0 aliphatic heterocycles. The highest BCUT2D eigenvalue weighted by Crippen LogP contribution is 2.28. The van der Waals surface area contributed by atoms with Gasteiger partial charge in [-0.1, -0.05) is 18.1 Å². The SMILES string of the molecule is Cc1nc(CN[C@H]2CCCC[C@H]2n2cc(CO)nn2)oc1C. The number of hydrogen-bond donors (Lipinski definition) is 2. The van der Waals surface area contributed by atoms with Gasteiger partial charge in [0.2, 0.25) is 5.89 Å². The largest absolute Gasteiger partial charge is 0.444 e. The Hall–Kier alpha value is -1.73. The highest BCUT2D eigenvalue weighted by molar-refractivity contribution is 5.05. The molecule has 0 saturated heterocycles. The van der Waals surface area contributed by atoms with Crippen molar-refractivity contribution in [2.75, 3.05) is 0 Å². The molecule has 0 aromatic carbocycles. The molecule has 2 N–H and O–H groups in total. The molecule has 0 bridgehead atoms. The third kappa shape index (κ3) is 3.20. The molecule has 2 atom stereocenters. The molecule has 7 heteroatoms. The molecule has 1 saturated carbocycles. The van der Waals surface area contributed by atoms with Crippen molar-refractivity contribution in [2.45, 2.75) is 64.8 Å². The molecule has 22 heavy (non-hydrogen) atoms. The zero-order valence-corrected chi connectivity index (χ0v) is 13.1. The van der Waals surface area contributed by atoms with E-state index in [4.69, 9.17) is 9.52 Å². The Kier molecular flexibility index (Phi) is 4.54. The average molecular weight is 305 g/mol. The number of aliphatic hydroxyl groups is 1. The van der Waals surface area contributed by atoms with Crippen molar-refractivity contribution in [3.8, 4) is 0 Å². The summed E-state index contributed by atoms with van der Waals surface area (Å²) >= 11 is 0. The van der Waals surface area contributed by atoms with E-state index >= 15 is 0 Å². The predicted molar refractivity (Wildman–Crippen MR) is 80.1 cm³/mol. The summed E-state index contributed by atoms with van der Waals surface area (Å²) in [6.45, 7) is 4.44. The van der Waals surface area contributed by atoms with E-state index in [0.717, 1.165) is 30.2 Å². The van der Waals surface area contributed by atoms with Crippen LogP contribution in [0.15, 0.2) is 10.6 Å². The lowest BCUT2D eigenvalue weighted by Gasteiger charge is -2.31. The minimum absolute atomic E-state index is 0.0698. The van der Waals surface area contributed by atoms with Crippen molar-refractivity contribution in [3.05, 3.63) is 29.2 Å². The zero-order chi connectivity index (χ0) is 15.5. The molecule has 0 radical (unpaired) electrons. The molecule has 0 spiro atoms. The number of aliphatic hydroxyl groups excluding tert-OH is 1. The molecule has 120 valence electrons. The summed E-state index contributed by atoms with van der Waals surface area (Å²) in [6, 6.07) is 0.577. The van der Waals surface area contributed by atoms with Gasteiger partial charge in [-0.15, -0.1) is 5.10 Å². The second-order valence-corrected chi connectivity index (χ2v) is 5.94. The summed E-state index contributed by atoms with van der Waals surface area (Å²) in [5.74, 6) is 1.61. The maximum Gasteiger partial charge on any atom is 0.208 e. The van der Waals surface area contributed by atoms with E-state index in [1.807, 2.05) is 24.7 Å². The van der Waals surface area contributed by atoms with Gasteiger partial charge in [0.25, 0.3) is 0 Å². The fourth-order valence-corrected chi connectivity index (χ4v) is 3.05. The van der Waals surface area contributed by atoms with Crippen molar-refractivity contribution in [2.24, 2.45) is 0 Å². The van der Waals surface area contributed by atoms with Crippen LogP contribution in [0.4, 0.5) is 0 Å². The minimum atomic E-state index is -0.0698. The third-order valence-corrected chi connectivity index (χ3v) is 4.38. The summed E-state index contributed by atoms with van der Waals surface area (Å²) in [4.78, 5) is 4.41. The van der Waals surface area contributed by atoms with E-state index in [-0.39, 0.29) is 12.6 Å². The fraction of sp³-hybridized carbons (Fsp3) is 0.667. The van der Waals surface area contributed by atoms with E-state index in [2.05, 4.69) is 20.6 Å². The van der Waals surface area contributed by atoms with Crippen molar-refractivity contribution < 1.29 is 9.52 Å². The normalized spacial score (nSPS) is 22.1. The topological polar surface area (TPSA) is 89.0 Å². The van der Waals surface area contributed by atoms with Gasteiger partial charge < -0.3 is 14.8 Å². The quantitative estimate of drug-likeness (QED) is 0.873. The van der Waals surface area contributed by atoms with Crippen molar-refractivity contribution in [1.82, 2.24) is 25.3 Å². The van der Waals surface area contributed by atoms with Gasteiger partial charge in [-0.3, -0.25) is 0 Å². The molecule has 1 fully saturated rings. The van der Waals surface area contributed by atoms with Crippen LogP contribution in [0.25, 0.3) is 0 Å². The Balaban J connectivity index is 1.67. The van der Waals surface area contributed by atoms with Gasteiger partial charge in [-0.05, 0) is 26.7 Å². The third-order valence-electron chi connectivity index (χ3n) is 4.38. The molecule has 7 nitrogen and oxygen atoms in total. The molecular weight excluding hydrogens is 282 g/mol. The molecule has 2 aromatic heterocycles. The van der Waals surface area contributed by atoms with Crippen LogP contribution in [0.3, 0.4) is 0 Å². The monoisotopic (exact) mass is 305 g/mol. The van der Waals surface area contributed by atoms with Gasteiger partial charge in [0.15, 0.2) is 0 Å². The van der Waals surface area contributed by atoms with E-state index < -0.39 is 0 Å². The molecule has 2 heterocycles. The van der Waals surface area contributed by atoms with E-state index in [0.29, 0.717) is 18.3 Å². The van der Waals surface area contributed by atoms with Crippen molar-refractivity contribution in [1.29, 1.82) is 0 Å². The van der Waals surface area contributed by atoms with Crippen LogP contribution >= 0.6 is 0 Å². The van der Waals surface area contributed by atoms with Crippen LogP contribution in [0, 0.1) is 13.8 Å². The molecule has 1 aliphatic rings. The summed E-state index contributed by atoms with van der Waals surface area (Å²) in [7, 11) is 0. The Labute approximate surface area is 129 Å². The smallest absolute Gasteiger partial charge is 0.208 e. The number of nitrogens with one attached hydrogen (secondary N) is 1. The van der Waals surface area contributed by atoms with Crippen molar-refractivity contribution >= 4 is 0 Å². The van der Waals surface area contributed by atoms with E-state index in [9.17, 15) is 0 Å². The molecule has 3 rings (SSSR count). The highest BCUT2D eigenvalue weighted by atomic mass is 16.4. The molecular formula is C15H23N5O2. The summed E-state index contributed by atoms with van der Waals surface area (Å²) in [5, 5.41) is 20.8. The number of nitrogens with zero attached hydrogens (tertiary/aromatic N) is 4. The first-order valence-corrected chi connectivity index (χ1v) is 7.85. The maximum absolute atomic E-state index is 9.14. The maximum atomic E-state index is 9.14. The molecule has 1 aliphatic carbocycles. The highest BCUT2D eigenvalue weighted by Gasteiger charge is 2.27. The second-order valence-electron chi connectivity index (χ2n) is 5.94. The number of rotatable bonds is 5. The van der Waals surface area contributed by atoms with Gasteiger partial charge in [0, 0.05) is 6.04 Å². The first-order chi connectivity index (χ1) is 10.7. The first kappa shape index (κ1) is 15.2. The number of aromatic nitrogens is 4. The van der Waals surface area contributed by atoms with Crippen LogP contribution in [-0.2, 0) is 13.2 Å². The molecule has 0 amide bonds. The van der Waals surface area contributed by atoms with Gasteiger partial charge in [-0.2, -0.15) is 0 Å². The zero-order valence-electron chi connectivity index (χ0n) is 13.1. The number of hydrogen-bond acceptors (Lipinski definition) is 6. The summed E-state index contributed by atoms with van der Waals surface area (Å²) in [5.41, 5.74) is 1.56. The average Bonchev–Trinajstić information content (AvgIpc) is 3.13. The number of oxazole rings is 1. The van der Waals surface area contributed by atoms with Gasteiger partial charge >= 0.3 is 0 Å². The van der Waals surface area contributed by atoms with Crippen LogP contribution in [0.1, 0.15) is 54.8 Å². The first-order valence-electron chi connectivity index (χ1n) is 7.85. The Bertz CT molecular complexity index is 602. The van der Waals surface area contributed by atoms with Gasteiger partial charge in [0.05, 0.1) is 31.1 Å². The molecule has 0 unspecified atom stereocenters. The van der Waals surface area contributed by atoms with Gasteiger partial charge in [-0.25, -0.2) is 9.67 Å². The Morgan fingerprint density at radius 3 is 2.86 bits per heavy atom. The van der Waals surface area contributed by atoms with Crippen LogP contribution in [-0.4, -0.2) is 31.1 Å². The lowest BCUT2D eigenvalue weighted by molar-refractivity contribution is 0.236. The second kappa shape index (κ2) is 6.58. The van der Waals surface area contributed by atoms with Crippen LogP contribution in [0.5, 0.6) is 0 Å². The fourth-order valence-electron chi connectivity index (χ4n) is 3.05. The molecule has 2 aromatic rings. The van der Waals surface area contributed by atoms with Crippen molar-refractivity contribution in [3.63, 3.8) is 0 Å². The Morgan fingerprint density at radius 2 is 2.18 bits per heavy atom. The van der Waals surface area contributed by atoms with E-state index in [1.54, 1.807) is 0 Å². The lowest BCUT2D eigenvalue weighted by atomic mass is 9.90. The van der Waals surface area contributed by atoms with E-state index in [1.165, 1.54) is 12.8 Å². The summed E-state index contributed by atoms with van der Waals surface area (Å²) in [6.07, 6.45) is 6.39. The minimum Gasteiger partial charge on any atom is -0.444 e. The van der Waals surface area contributed by atoms with Crippen LogP contribution < -0.4 is 5.32 Å². The Morgan fingerprint density at radius 1 is 1.36 bits per heavy atom. The summed E-state index contributed by atoms with van der Waals surface area (Å²) < 4.78 is 7.51. The lowest BCUT2D eigenvalue weighted by Crippen LogP contribution is -2.39. The van der Waals surface area contributed by atoms with Crippen LogP contribution in [0.2, 0.25) is 0 Å². The standard InChI is InChI=1S/C15H23N5O2/c1-10-11(2)22-15(17-10)7-16-13-5-3-4-6-14(13)20-8-12(9-21)18-19-20/h8,13-14,16,21H,3-7,9H2,1-2H3/t13-,14+/m0/s1. The van der Waals surface area contributed by atoms with Gasteiger partial charge in [0.1, 0.15) is 11.5 Å². The number of aryl methyl sites for hydroxylation is 2.